The minimum atomic E-state index is -0.0551. The average molecular weight is 348 g/mol. The third-order valence-electron chi connectivity index (χ3n) is 4.85. The van der Waals surface area contributed by atoms with Crippen molar-refractivity contribution in [2.45, 2.75) is 13.0 Å². The Labute approximate surface area is 150 Å². The highest BCUT2D eigenvalue weighted by Crippen LogP contribution is 2.18. The second-order valence-corrected chi connectivity index (χ2v) is 6.54. The summed E-state index contributed by atoms with van der Waals surface area (Å²) in [6, 6.07) is 13.7. The smallest absolute Gasteiger partial charge is 0.328 e. The predicted molar refractivity (Wildman–Crippen MR) is 102 cm³/mol. The number of hydrogen-bond acceptors (Lipinski definition) is 2. The lowest BCUT2D eigenvalue weighted by atomic mass is 10.1. The first kappa shape index (κ1) is 16.2. The lowest BCUT2D eigenvalue weighted by Crippen LogP contribution is -2.24. The van der Waals surface area contributed by atoms with Gasteiger partial charge in [0, 0.05) is 37.7 Å². The standard InChI is InChI=1S/C20H20N4O2/c1-23-17-8-7-13(9-18(17)24(2)20(23)26)11-22-19(25)10-14-12-21-16-6-4-3-5-15(14)16/h3-9,12,21H,10-11H2,1-2H3,(H,22,25). The Balaban J connectivity index is 1.48. The lowest BCUT2D eigenvalue weighted by Gasteiger charge is -2.06. The molecule has 0 fully saturated rings. The number of H-pyrrole nitrogens is 1. The first-order valence-corrected chi connectivity index (χ1v) is 8.50. The average Bonchev–Trinajstić information content (AvgIpc) is 3.15. The molecule has 0 aliphatic carbocycles. The number of benzene rings is 2. The minimum absolute atomic E-state index is 0.0307. The number of fused-ring (bicyclic) bond motifs is 2. The summed E-state index contributed by atoms with van der Waals surface area (Å²) >= 11 is 0. The molecule has 1 amide bonds. The summed E-state index contributed by atoms with van der Waals surface area (Å²) in [5.41, 5.74) is 4.67. The number of hydrogen-bond donors (Lipinski definition) is 2. The van der Waals surface area contributed by atoms with Gasteiger partial charge in [0.25, 0.3) is 0 Å². The van der Waals surface area contributed by atoms with E-state index >= 15 is 0 Å². The van der Waals surface area contributed by atoms with Crippen LogP contribution in [0.2, 0.25) is 0 Å². The van der Waals surface area contributed by atoms with Crippen molar-refractivity contribution in [3.05, 3.63) is 70.3 Å². The van der Waals surface area contributed by atoms with Crippen molar-refractivity contribution in [2.24, 2.45) is 14.1 Å². The van der Waals surface area contributed by atoms with Gasteiger partial charge in [0.05, 0.1) is 17.5 Å². The fourth-order valence-corrected chi connectivity index (χ4v) is 3.38. The number of nitrogens with one attached hydrogen (secondary N) is 2. The van der Waals surface area contributed by atoms with Crippen LogP contribution in [0, 0.1) is 0 Å². The van der Waals surface area contributed by atoms with Crippen molar-refractivity contribution in [2.75, 3.05) is 0 Å². The summed E-state index contributed by atoms with van der Waals surface area (Å²) < 4.78 is 3.24. The number of carbonyl (C=O) groups is 1. The first-order chi connectivity index (χ1) is 12.5. The van der Waals surface area contributed by atoms with Crippen LogP contribution in [0.15, 0.2) is 53.5 Å². The lowest BCUT2D eigenvalue weighted by molar-refractivity contribution is -0.120. The van der Waals surface area contributed by atoms with Gasteiger partial charge in [0.2, 0.25) is 5.91 Å². The maximum Gasteiger partial charge on any atom is 0.328 e. The first-order valence-electron chi connectivity index (χ1n) is 8.50. The molecule has 0 atom stereocenters. The molecule has 0 saturated carbocycles. The Morgan fingerprint density at radius 3 is 2.69 bits per heavy atom. The molecular weight excluding hydrogens is 328 g/mol. The highest BCUT2D eigenvalue weighted by atomic mass is 16.2. The number of aryl methyl sites for hydroxylation is 2. The fraction of sp³-hybridized carbons (Fsp3) is 0.200. The van der Waals surface area contributed by atoms with Gasteiger partial charge in [-0.2, -0.15) is 0 Å². The van der Waals surface area contributed by atoms with Crippen molar-refractivity contribution in [1.82, 2.24) is 19.4 Å². The Morgan fingerprint density at radius 2 is 1.85 bits per heavy atom. The molecule has 0 bridgehead atoms. The molecule has 0 aliphatic heterocycles. The quantitative estimate of drug-likeness (QED) is 0.594. The van der Waals surface area contributed by atoms with Crippen molar-refractivity contribution in [3.63, 3.8) is 0 Å². The van der Waals surface area contributed by atoms with E-state index in [0.29, 0.717) is 13.0 Å². The zero-order valence-electron chi connectivity index (χ0n) is 14.7. The predicted octanol–water partition coefficient (Wildman–Crippen LogP) is 2.22. The van der Waals surface area contributed by atoms with Crippen LogP contribution in [0.4, 0.5) is 0 Å². The highest BCUT2D eigenvalue weighted by molar-refractivity contribution is 5.88. The van der Waals surface area contributed by atoms with Gasteiger partial charge in [-0.25, -0.2) is 4.79 Å². The Hall–Kier alpha value is -3.28. The Morgan fingerprint density at radius 1 is 1.08 bits per heavy atom. The summed E-state index contributed by atoms with van der Waals surface area (Å²) in [6.07, 6.45) is 2.21. The van der Waals surface area contributed by atoms with E-state index in [9.17, 15) is 9.59 Å². The monoisotopic (exact) mass is 348 g/mol. The van der Waals surface area contributed by atoms with E-state index in [-0.39, 0.29) is 11.6 Å². The largest absolute Gasteiger partial charge is 0.361 e. The molecule has 0 unspecified atom stereocenters. The molecule has 4 aromatic rings. The molecule has 4 rings (SSSR count). The SMILES string of the molecule is Cn1c(=O)n(C)c2cc(CNC(=O)Cc3c[nH]c4ccccc34)ccc21. The summed E-state index contributed by atoms with van der Waals surface area (Å²) in [6.45, 7) is 0.431. The molecule has 2 N–H and O–H groups in total. The third-order valence-corrected chi connectivity index (χ3v) is 4.85. The van der Waals surface area contributed by atoms with Gasteiger partial charge in [-0.1, -0.05) is 24.3 Å². The number of imidazole rings is 1. The van der Waals surface area contributed by atoms with Gasteiger partial charge >= 0.3 is 5.69 Å². The minimum Gasteiger partial charge on any atom is -0.361 e. The maximum atomic E-state index is 12.3. The third kappa shape index (κ3) is 2.69. The zero-order chi connectivity index (χ0) is 18.3. The number of amides is 1. The molecule has 26 heavy (non-hydrogen) atoms. The van der Waals surface area contributed by atoms with Gasteiger partial charge < -0.3 is 10.3 Å². The van der Waals surface area contributed by atoms with Crippen molar-refractivity contribution >= 4 is 27.8 Å². The number of para-hydroxylation sites is 1. The number of nitrogens with zero attached hydrogens (tertiary/aromatic N) is 2. The van der Waals surface area contributed by atoms with Gasteiger partial charge in [-0.15, -0.1) is 0 Å². The second kappa shape index (κ2) is 6.22. The van der Waals surface area contributed by atoms with Gasteiger partial charge in [0.1, 0.15) is 0 Å². The van der Waals surface area contributed by atoms with Crippen LogP contribution in [0.5, 0.6) is 0 Å². The molecule has 0 radical (unpaired) electrons. The Kier molecular flexibility index (Phi) is 3.88. The van der Waals surface area contributed by atoms with Crippen molar-refractivity contribution in [1.29, 1.82) is 0 Å². The van der Waals surface area contributed by atoms with Gasteiger partial charge in [-0.05, 0) is 29.3 Å². The normalized spacial score (nSPS) is 11.3. The molecule has 132 valence electrons. The van der Waals surface area contributed by atoms with Crippen LogP contribution in [0.1, 0.15) is 11.1 Å². The van der Waals surface area contributed by atoms with Crippen LogP contribution in [-0.2, 0) is 31.9 Å². The van der Waals surface area contributed by atoms with Crippen LogP contribution in [0.25, 0.3) is 21.9 Å². The zero-order valence-corrected chi connectivity index (χ0v) is 14.7. The number of aromatic nitrogens is 3. The number of rotatable bonds is 4. The van der Waals surface area contributed by atoms with Crippen LogP contribution in [0.3, 0.4) is 0 Å². The van der Waals surface area contributed by atoms with E-state index < -0.39 is 0 Å². The van der Waals surface area contributed by atoms with E-state index in [1.807, 2.05) is 48.7 Å². The van der Waals surface area contributed by atoms with Crippen molar-refractivity contribution in [3.8, 4) is 0 Å². The van der Waals surface area contributed by atoms with E-state index in [2.05, 4.69) is 10.3 Å². The molecule has 0 spiro atoms. The van der Waals surface area contributed by atoms with E-state index in [1.54, 1.807) is 23.2 Å². The summed E-state index contributed by atoms with van der Waals surface area (Å²) in [5, 5.41) is 4.03. The van der Waals surface area contributed by atoms with Crippen LogP contribution < -0.4 is 11.0 Å². The molecule has 6 heteroatoms. The molecule has 2 heterocycles. The van der Waals surface area contributed by atoms with Crippen LogP contribution in [-0.4, -0.2) is 20.0 Å². The van der Waals surface area contributed by atoms with Crippen molar-refractivity contribution < 1.29 is 4.79 Å². The summed E-state index contributed by atoms with van der Waals surface area (Å²) in [4.78, 5) is 27.5. The molecule has 2 aromatic heterocycles. The molecule has 0 saturated heterocycles. The molecule has 2 aromatic carbocycles. The molecule has 6 nitrogen and oxygen atoms in total. The van der Waals surface area contributed by atoms with E-state index in [1.165, 1.54) is 0 Å². The van der Waals surface area contributed by atoms with Crippen LogP contribution >= 0.6 is 0 Å². The maximum absolute atomic E-state index is 12.3. The van der Waals surface area contributed by atoms with E-state index in [0.717, 1.165) is 33.1 Å². The summed E-state index contributed by atoms with van der Waals surface area (Å²) in [7, 11) is 3.51. The summed E-state index contributed by atoms with van der Waals surface area (Å²) in [5.74, 6) is -0.0307. The second-order valence-electron chi connectivity index (χ2n) is 6.54. The topological polar surface area (TPSA) is 71.8 Å². The van der Waals surface area contributed by atoms with Gasteiger partial charge in [0.15, 0.2) is 0 Å². The van der Waals surface area contributed by atoms with E-state index in [4.69, 9.17) is 0 Å². The number of aromatic amines is 1. The van der Waals surface area contributed by atoms with Gasteiger partial charge in [-0.3, -0.25) is 13.9 Å². The molecular formula is C20H20N4O2. The highest BCUT2D eigenvalue weighted by Gasteiger charge is 2.10. The number of carbonyl (C=O) groups excluding carboxylic acids is 1. The fourth-order valence-electron chi connectivity index (χ4n) is 3.38. The molecule has 0 aliphatic rings. The Bertz CT molecular complexity index is 1180.